The monoisotopic (exact) mass is 875 g/mol. The van der Waals surface area contributed by atoms with Crippen molar-refractivity contribution in [3.8, 4) is 0 Å². The van der Waals surface area contributed by atoms with Crippen LogP contribution in [0.15, 0.2) is 36.4 Å². The average molecular weight is 876 g/mol. The van der Waals surface area contributed by atoms with Crippen molar-refractivity contribution in [3.63, 3.8) is 0 Å². The molecule has 2 aromatic heterocycles. The van der Waals surface area contributed by atoms with Gasteiger partial charge in [0.05, 0.1) is 11.4 Å². The molecule has 0 saturated carbocycles. The first-order valence-corrected chi connectivity index (χ1v) is 14.8. The zero-order chi connectivity index (χ0) is 36.2. The molecule has 0 N–H and O–H groups in total. The molecule has 0 amide bonds. The molecule has 0 spiro atoms. The van der Waals surface area contributed by atoms with Crippen molar-refractivity contribution < 1.29 is 65.0 Å². The maximum absolute atomic E-state index is 16.1. The van der Waals surface area contributed by atoms with Crippen LogP contribution in [0.3, 0.4) is 0 Å². The Hall–Kier alpha value is -3.27. The molecular formula is C36H30F10N2Pt. The van der Waals surface area contributed by atoms with E-state index in [2.05, 4.69) is 22.1 Å². The Kier molecular flexibility index (Phi) is 9.37. The van der Waals surface area contributed by atoms with Gasteiger partial charge in [-0.25, -0.2) is 0 Å². The van der Waals surface area contributed by atoms with Gasteiger partial charge in [0.2, 0.25) is 0 Å². The van der Waals surface area contributed by atoms with Gasteiger partial charge in [-0.05, 0) is 43.5 Å². The number of halogens is 10. The maximum Gasteiger partial charge on any atom is 2.00 e. The number of rotatable bonds is 0. The first kappa shape index (κ1) is 38.5. The van der Waals surface area contributed by atoms with Crippen molar-refractivity contribution in [2.45, 2.75) is 89.4 Å². The van der Waals surface area contributed by atoms with E-state index in [9.17, 15) is 26.3 Å². The van der Waals surface area contributed by atoms with Gasteiger partial charge in [-0.3, -0.25) is 27.5 Å². The number of aromatic nitrogens is 2. The third kappa shape index (κ3) is 5.99. The quantitative estimate of drug-likeness (QED) is 0.130. The topological polar surface area (TPSA) is 25.8 Å². The number of pyridine rings is 2. The number of hydrogen-bond donors (Lipinski definition) is 0. The van der Waals surface area contributed by atoms with Crippen LogP contribution in [-0.2, 0) is 55.1 Å². The summed E-state index contributed by atoms with van der Waals surface area (Å²) in [4.78, 5) is 9.36. The summed E-state index contributed by atoms with van der Waals surface area (Å²) in [6.45, 7) is 10.6. The number of benzene rings is 2. The summed E-state index contributed by atoms with van der Waals surface area (Å²) in [5.41, 5.74) is -14.9. The second-order valence-corrected chi connectivity index (χ2v) is 14.1. The second-order valence-electron chi connectivity index (χ2n) is 14.1. The summed E-state index contributed by atoms with van der Waals surface area (Å²) in [6, 6.07) is 13.9. The smallest absolute Gasteiger partial charge is 0.283 e. The summed E-state index contributed by atoms with van der Waals surface area (Å²) in [5.74, 6) is -8.47. The Morgan fingerprint density at radius 2 is 0.694 bits per heavy atom. The van der Waals surface area contributed by atoms with E-state index in [4.69, 9.17) is 0 Å². The molecule has 3 heterocycles. The number of fused-ring (bicyclic) bond motifs is 8. The first-order valence-electron chi connectivity index (χ1n) is 14.8. The van der Waals surface area contributed by atoms with E-state index in [0.717, 1.165) is 13.8 Å². The predicted molar refractivity (Wildman–Crippen MR) is 157 cm³/mol. The molecule has 0 atom stereocenters. The fourth-order valence-electron chi connectivity index (χ4n) is 6.16. The molecule has 5 rings (SSSR count). The van der Waals surface area contributed by atoms with Crippen LogP contribution in [0.4, 0.5) is 43.9 Å². The van der Waals surface area contributed by atoms with E-state index in [-0.39, 0.29) is 32.5 Å². The van der Waals surface area contributed by atoms with Gasteiger partial charge >= 0.3 is 33.4 Å². The van der Waals surface area contributed by atoms with Gasteiger partial charge in [-0.1, -0.05) is 53.7 Å². The Morgan fingerprint density at radius 1 is 0.449 bits per heavy atom. The van der Waals surface area contributed by atoms with Gasteiger partial charge in [0.15, 0.2) is 0 Å². The Morgan fingerprint density at radius 3 is 0.959 bits per heavy atom. The van der Waals surface area contributed by atoms with Gasteiger partial charge in [0.25, 0.3) is 0 Å². The zero-order valence-electron chi connectivity index (χ0n) is 27.5. The van der Waals surface area contributed by atoms with Crippen LogP contribution in [0.2, 0.25) is 0 Å². The molecule has 0 fully saturated rings. The van der Waals surface area contributed by atoms with Gasteiger partial charge in [0.1, 0.15) is 0 Å². The number of hydrogen-bond acceptors (Lipinski definition) is 2. The van der Waals surface area contributed by atoms with Crippen molar-refractivity contribution in [1.29, 1.82) is 0 Å². The van der Waals surface area contributed by atoms with Crippen molar-refractivity contribution in [2.24, 2.45) is 0 Å². The van der Waals surface area contributed by atoms with Crippen LogP contribution in [0.5, 0.6) is 0 Å². The fraction of sp³-hybridized carbons (Fsp3) is 0.389. The Balaban J connectivity index is 0.00000541. The van der Waals surface area contributed by atoms with E-state index in [1.807, 2.05) is 0 Å². The van der Waals surface area contributed by atoms with Gasteiger partial charge < -0.3 is 0 Å². The largest absolute Gasteiger partial charge is 2.00 e. The molecule has 13 heteroatoms. The molecule has 0 radical (unpaired) electrons. The fourth-order valence-corrected chi connectivity index (χ4v) is 6.16. The van der Waals surface area contributed by atoms with Crippen molar-refractivity contribution >= 4 is 0 Å². The van der Waals surface area contributed by atoms with Crippen LogP contribution in [0.25, 0.3) is 0 Å². The Labute approximate surface area is 291 Å². The molecular weight excluding hydrogens is 845 g/mol. The summed E-state index contributed by atoms with van der Waals surface area (Å²) in [6.07, 6.45) is -11.3. The molecule has 8 bridgehead atoms. The van der Waals surface area contributed by atoms with Gasteiger partial charge in [-0.15, -0.1) is 22.3 Å². The summed E-state index contributed by atoms with van der Waals surface area (Å²) < 4.78 is 151. The third-order valence-electron chi connectivity index (χ3n) is 9.38. The van der Waals surface area contributed by atoms with E-state index in [1.165, 1.54) is 39.8 Å². The van der Waals surface area contributed by atoms with Crippen LogP contribution in [0.1, 0.15) is 112 Å². The minimum Gasteiger partial charge on any atom is -0.283 e. The molecule has 0 aliphatic carbocycles. The molecule has 4 aromatic rings. The predicted octanol–water partition coefficient (Wildman–Crippen LogP) is 10.3. The summed E-state index contributed by atoms with van der Waals surface area (Å²) in [7, 11) is 0. The van der Waals surface area contributed by atoms with Crippen molar-refractivity contribution in [2.75, 3.05) is 0 Å². The molecule has 49 heavy (non-hydrogen) atoms. The van der Waals surface area contributed by atoms with Crippen LogP contribution in [0, 0.1) is 35.4 Å². The molecule has 0 saturated heterocycles. The van der Waals surface area contributed by atoms with Crippen LogP contribution in [-0.4, -0.2) is 9.97 Å². The molecule has 2 aromatic carbocycles. The van der Waals surface area contributed by atoms with E-state index >= 15 is 17.6 Å². The first-order chi connectivity index (χ1) is 21.8. The third-order valence-corrected chi connectivity index (χ3v) is 9.38. The molecule has 1 aliphatic heterocycles. The number of nitrogens with zero attached hydrogens (tertiary/aromatic N) is 2. The standard InChI is InChI=1S/C36H30F10N2.Pt/c1-31(2)17-15-19(29(39)25(27(17)37)35(41,42)43)32(3,4)21-11-9-13-23(47-21)34(7,8)24-14-10-12-22(48-24)33(5,6)20-16-18(31)28(38)26(30(20)40)36(44,45)46;/h9-14H,1-8H3;/q-2;+2. The minimum atomic E-state index is -5.64. The zero-order valence-corrected chi connectivity index (χ0v) is 29.7. The van der Waals surface area contributed by atoms with Crippen molar-refractivity contribution in [1.82, 2.24) is 9.97 Å². The molecule has 264 valence electrons. The summed E-state index contributed by atoms with van der Waals surface area (Å²) in [5, 5.41) is 0. The van der Waals surface area contributed by atoms with Crippen LogP contribution >= 0.6 is 0 Å². The van der Waals surface area contributed by atoms with Crippen molar-refractivity contribution in [3.05, 3.63) is 128 Å². The average Bonchev–Trinajstić information content (AvgIpc) is 2.95. The van der Waals surface area contributed by atoms with E-state index in [0.29, 0.717) is 11.4 Å². The maximum atomic E-state index is 16.1. The minimum absolute atomic E-state index is 0. The molecule has 0 unspecified atom stereocenters. The molecule has 1 aliphatic rings. The SMILES string of the molecule is CC1(C)c2cccc(n2)C(C)(C)c2[c-]c(c(F)c(C(F)(F)F)c2F)C(C)(C)c2[c-]c(c(F)c(C(F)(F)F)c2F)C(C)(C)c2cccc1n2.[Pt+2]. The second kappa shape index (κ2) is 11.9. The summed E-state index contributed by atoms with van der Waals surface area (Å²) >= 11 is 0. The number of alkyl halides is 6. The van der Waals surface area contributed by atoms with E-state index < -0.39 is 90.7 Å². The Bertz CT molecular complexity index is 1820. The normalized spacial score (nSPS) is 17.7. The molecule has 2 nitrogen and oxygen atoms in total. The van der Waals surface area contributed by atoms with Gasteiger partial charge in [0, 0.05) is 62.0 Å². The van der Waals surface area contributed by atoms with Gasteiger partial charge in [-0.2, -0.15) is 38.5 Å². The van der Waals surface area contributed by atoms with E-state index in [1.54, 1.807) is 38.1 Å². The van der Waals surface area contributed by atoms with Crippen LogP contribution < -0.4 is 0 Å².